The van der Waals surface area contributed by atoms with Crippen LogP contribution in [0.5, 0.6) is 0 Å². The topological polar surface area (TPSA) is 95.1 Å². The van der Waals surface area contributed by atoms with Crippen LogP contribution in [0, 0.1) is 0 Å². The lowest BCUT2D eigenvalue weighted by Gasteiger charge is -2.34. The van der Waals surface area contributed by atoms with Gasteiger partial charge in [-0.2, -0.15) is 0 Å². The van der Waals surface area contributed by atoms with Crippen LogP contribution < -0.4 is 4.90 Å². The molecule has 8 heteroatoms. The fraction of sp³-hybridized carbons (Fsp3) is 0.421. The Morgan fingerprint density at radius 3 is 2.44 bits per heavy atom. The second-order valence-electron chi connectivity index (χ2n) is 6.97. The Morgan fingerprint density at radius 2 is 1.70 bits per heavy atom. The maximum atomic E-state index is 13.2. The van der Waals surface area contributed by atoms with Gasteiger partial charge in [-0.05, 0) is 31.4 Å². The van der Waals surface area contributed by atoms with E-state index in [2.05, 4.69) is 0 Å². The van der Waals surface area contributed by atoms with Crippen molar-refractivity contribution in [2.45, 2.75) is 38.1 Å². The normalized spacial score (nSPS) is 22.7. The van der Waals surface area contributed by atoms with Gasteiger partial charge in [-0.15, -0.1) is 0 Å². The molecule has 3 aliphatic rings. The highest BCUT2D eigenvalue weighted by molar-refractivity contribution is 6.23. The van der Waals surface area contributed by atoms with Crippen LogP contribution in [0.25, 0.3) is 0 Å². The Balaban J connectivity index is 1.73. The zero-order chi connectivity index (χ0) is 19.1. The van der Waals surface area contributed by atoms with Crippen LogP contribution in [0.4, 0.5) is 5.69 Å². The number of likely N-dealkylation sites (tertiary alicyclic amines) is 1. The van der Waals surface area contributed by atoms with E-state index in [4.69, 9.17) is 0 Å². The lowest BCUT2D eigenvalue weighted by atomic mass is 10.0. The Labute approximate surface area is 155 Å². The van der Waals surface area contributed by atoms with E-state index in [1.807, 2.05) is 0 Å². The summed E-state index contributed by atoms with van der Waals surface area (Å²) in [6.07, 6.45) is 2.24. The Kier molecular flexibility index (Phi) is 4.25. The third-order valence-corrected chi connectivity index (χ3v) is 5.34. The van der Waals surface area contributed by atoms with Gasteiger partial charge in [0.15, 0.2) is 0 Å². The first-order valence-electron chi connectivity index (χ1n) is 9.09. The second-order valence-corrected chi connectivity index (χ2v) is 6.97. The number of amides is 5. The molecule has 0 aliphatic carbocycles. The van der Waals surface area contributed by atoms with E-state index in [0.717, 1.165) is 22.6 Å². The Bertz CT molecular complexity index is 849. The molecule has 2 fully saturated rings. The predicted octanol–water partition coefficient (Wildman–Crippen LogP) is 0.704. The molecule has 1 atom stereocenters. The van der Waals surface area contributed by atoms with Gasteiger partial charge in [0.25, 0.3) is 17.7 Å². The molecule has 0 spiro atoms. The molecule has 27 heavy (non-hydrogen) atoms. The van der Waals surface area contributed by atoms with Gasteiger partial charge in [-0.3, -0.25) is 28.9 Å². The van der Waals surface area contributed by atoms with Crippen molar-refractivity contribution in [2.24, 2.45) is 0 Å². The number of carbonyl (C=O) groups is 5. The average Bonchev–Trinajstić information content (AvgIpc) is 2.95. The molecule has 0 saturated carbocycles. The molecule has 140 valence electrons. The maximum absolute atomic E-state index is 13.2. The van der Waals surface area contributed by atoms with Gasteiger partial charge in [0.2, 0.25) is 11.8 Å². The largest absolute Gasteiger partial charge is 0.327 e. The van der Waals surface area contributed by atoms with Crippen molar-refractivity contribution >= 4 is 35.2 Å². The minimum Gasteiger partial charge on any atom is -0.327 e. The lowest BCUT2D eigenvalue weighted by molar-refractivity contribution is -0.143. The fourth-order valence-corrected chi connectivity index (χ4v) is 3.97. The monoisotopic (exact) mass is 369 g/mol. The number of imide groups is 2. The highest BCUT2D eigenvalue weighted by Crippen LogP contribution is 2.32. The summed E-state index contributed by atoms with van der Waals surface area (Å²) < 4.78 is 0. The summed E-state index contributed by atoms with van der Waals surface area (Å²) in [5.74, 6) is -2.25. The van der Waals surface area contributed by atoms with Crippen LogP contribution in [0.1, 0.15) is 42.5 Å². The van der Waals surface area contributed by atoms with Crippen LogP contribution in [0.15, 0.2) is 24.3 Å². The molecule has 0 unspecified atom stereocenters. The molecule has 8 nitrogen and oxygen atoms in total. The summed E-state index contributed by atoms with van der Waals surface area (Å²) in [6, 6.07) is 5.77. The molecule has 0 N–H and O–H groups in total. The summed E-state index contributed by atoms with van der Waals surface area (Å²) in [7, 11) is 0. The molecular weight excluding hydrogens is 350 g/mol. The van der Waals surface area contributed by atoms with Gasteiger partial charge in [0.05, 0.1) is 11.3 Å². The van der Waals surface area contributed by atoms with Crippen molar-refractivity contribution in [3.8, 4) is 0 Å². The van der Waals surface area contributed by atoms with Crippen molar-refractivity contribution in [3.63, 3.8) is 0 Å². The van der Waals surface area contributed by atoms with Crippen LogP contribution in [0.2, 0.25) is 0 Å². The van der Waals surface area contributed by atoms with Crippen molar-refractivity contribution < 1.29 is 24.0 Å². The quantitative estimate of drug-likeness (QED) is 0.716. The summed E-state index contributed by atoms with van der Waals surface area (Å²) in [5.41, 5.74) is 0.494. The first-order valence-corrected chi connectivity index (χ1v) is 9.09. The first kappa shape index (κ1) is 17.4. The molecule has 0 bridgehead atoms. The van der Waals surface area contributed by atoms with Crippen molar-refractivity contribution in [3.05, 3.63) is 29.8 Å². The van der Waals surface area contributed by atoms with Gasteiger partial charge < -0.3 is 4.90 Å². The first-order chi connectivity index (χ1) is 13.0. The minimum atomic E-state index is -0.701. The molecule has 5 amide bonds. The van der Waals surface area contributed by atoms with Crippen LogP contribution in [-0.4, -0.2) is 58.5 Å². The summed E-state index contributed by atoms with van der Waals surface area (Å²) in [6.45, 7) is -0.0205. The van der Waals surface area contributed by atoms with E-state index in [1.165, 1.54) is 4.90 Å². The van der Waals surface area contributed by atoms with E-state index in [1.54, 1.807) is 24.3 Å². The Hall–Kier alpha value is -3.03. The number of para-hydroxylation sites is 1. The molecule has 3 heterocycles. The number of fused-ring (bicyclic) bond motifs is 2. The summed E-state index contributed by atoms with van der Waals surface area (Å²) >= 11 is 0. The van der Waals surface area contributed by atoms with Gasteiger partial charge in [0.1, 0.15) is 12.6 Å². The third kappa shape index (κ3) is 2.81. The Morgan fingerprint density at radius 1 is 1.00 bits per heavy atom. The highest BCUT2D eigenvalue weighted by Gasteiger charge is 2.43. The van der Waals surface area contributed by atoms with E-state index in [9.17, 15) is 24.0 Å². The lowest BCUT2D eigenvalue weighted by Crippen LogP contribution is -2.53. The van der Waals surface area contributed by atoms with Crippen molar-refractivity contribution in [1.29, 1.82) is 0 Å². The number of hydrogen-bond acceptors (Lipinski definition) is 5. The average molecular weight is 369 g/mol. The van der Waals surface area contributed by atoms with Gasteiger partial charge in [0, 0.05) is 19.4 Å². The molecule has 0 radical (unpaired) electrons. The summed E-state index contributed by atoms with van der Waals surface area (Å²) in [4.78, 5) is 66.3. The van der Waals surface area contributed by atoms with Crippen LogP contribution in [-0.2, 0) is 19.2 Å². The maximum Gasteiger partial charge on any atom is 0.256 e. The van der Waals surface area contributed by atoms with Crippen LogP contribution >= 0.6 is 0 Å². The van der Waals surface area contributed by atoms with E-state index >= 15 is 0 Å². The zero-order valence-electron chi connectivity index (χ0n) is 14.7. The molecule has 2 saturated heterocycles. The molecule has 4 rings (SSSR count). The fourth-order valence-electron chi connectivity index (χ4n) is 3.97. The second kappa shape index (κ2) is 6.61. The number of hydrogen-bond donors (Lipinski definition) is 0. The molecule has 1 aromatic carbocycles. The molecule has 1 aromatic rings. The molecular formula is C19H19N3O5. The number of benzene rings is 1. The predicted molar refractivity (Wildman–Crippen MR) is 93.6 cm³/mol. The van der Waals surface area contributed by atoms with Gasteiger partial charge in [-0.1, -0.05) is 12.1 Å². The van der Waals surface area contributed by atoms with Crippen molar-refractivity contribution in [2.75, 3.05) is 18.0 Å². The molecule has 3 aliphatic heterocycles. The third-order valence-electron chi connectivity index (χ3n) is 5.34. The molecule has 0 aromatic heterocycles. The number of piperidine rings is 1. The highest BCUT2D eigenvalue weighted by atomic mass is 16.2. The minimum absolute atomic E-state index is 0.0749. The van der Waals surface area contributed by atoms with Crippen LogP contribution in [0.3, 0.4) is 0 Å². The number of rotatable bonds is 2. The SMILES string of the molecule is O=C1CCC(=O)N1CC(=O)N1C(=O)[C@@H]2CCCCN2C(=O)c2ccccc21. The standard InChI is InChI=1S/C19H19N3O5/c23-15-8-9-16(24)21(15)11-17(25)22-13-6-2-1-5-12(13)18(26)20-10-4-3-7-14(20)19(22)27/h1-2,5-6,14H,3-4,7-11H2/t14-/m0/s1. The van der Waals surface area contributed by atoms with E-state index < -0.39 is 36.2 Å². The van der Waals surface area contributed by atoms with E-state index in [-0.39, 0.29) is 30.0 Å². The van der Waals surface area contributed by atoms with Gasteiger partial charge in [-0.25, -0.2) is 4.90 Å². The number of nitrogens with zero attached hydrogens (tertiary/aromatic N) is 3. The van der Waals surface area contributed by atoms with Gasteiger partial charge >= 0.3 is 0 Å². The van der Waals surface area contributed by atoms with Crippen molar-refractivity contribution in [1.82, 2.24) is 9.80 Å². The smallest absolute Gasteiger partial charge is 0.256 e. The number of carbonyl (C=O) groups excluding carboxylic acids is 5. The summed E-state index contributed by atoms with van der Waals surface area (Å²) in [5, 5.41) is 0. The van der Waals surface area contributed by atoms with E-state index in [0.29, 0.717) is 13.0 Å². The number of anilines is 1. The zero-order valence-corrected chi connectivity index (χ0v) is 14.7.